The van der Waals surface area contributed by atoms with Crippen molar-refractivity contribution in [3.63, 3.8) is 0 Å². The maximum Gasteiger partial charge on any atom is 0.207 e. The van der Waals surface area contributed by atoms with Crippen molar-refractivity contribution in [3.05, 3.63) is 34.9 Å². The number of hydrogen-bond acceptors (Lipinski definition) is 4. The van der Waals surface area contributed by atoms with Crippen LogP contribution in [0.4, 0.5) is 15.2 Å². The van der Waals surface area contributed by atoms with Crippen LogP contribution in [0.5, 0.6) is 0 Å². The molecule has 17 heavy (non-hydrogen) atoms. The highest BCUT2D eigenvalue weighted by atomic mass is 35.5. The minimum atomic E-state index is -0.429. The number of halogens is 2. The number of nitrogens with zero attached hydrogens (tertiary/aromatic N) is 2. The highest BCUT2D eigenvalue weighted by molar-refractivity contribution is 7.09. The second-order valence-corrected chi connectivity index (χ2v) is 4.68. The normalized spacial score (nSPS) is 10.5. The summed E-state index contributed by atoms with van der Waals surface area (Å²) in [5.41, 5.74) is 0.704. The van der Waals surface area contributed by atoms with Crippen LogP contribution in [-0.2, 0) is 6.42 Å². The van der Waals surface area contributed by atoms with Gasteiger partial charge in [-0.1, -0.05) is 18.5 Å². The Hall–Kier alpha value is -1.20. The zero-order chi connectivity index (χ0) is 12.3. The van der Waals surface area contributed by atoms with Crippen LogP contribution in [0.15, 0.2) is 18.2 Å². The molecule has 1 aromatic carbocycles. The Balaban J connectivity index is 2.11. The van der Waals surface area contributed by atoms with Gasteiger partial charge in [-0.2, -0.15) is 4.37 Å². The number of aromatic nitrogens is 2. The van der Waals surface area contributed by atoms with E-state index in [1.165, 1.54) is 23.7 Å². The van der Waals surface area contributed by atoms with Crippen molar-refractivity contribution in [2.45, 2.75) is 19.8 Å². The average Bonchev–Trinajstić information content (AvgIpc) is 2.72. The lowest BCUT2D eigenvalue weighted by molar-refractivity contribution is 0.628. The van der Waals surface area contributed by atoms with Crippen LogP contribution < -0.4 is 5.32 Å². The van der Waals surface area contributed by atoms with E-state index in [2.05, 4.69) is 21.6 Å². The minimum Gasteiger partial charge on any atom is -0.330 e. The summed E-state index contributed by atoms with van der Waals surface area (Å²) >= 11 is 6.97. The molecule has 6 heteroatoms. The molecular formula is C11H11ClFN3S. The number of nitrogens with one attached hydrogen (secondary N) is 1. The van der Waals surface area contributed by atoms with Crippen LogP contribution in [0.1, 0.15) is 19.2 Å². The van der Waals surface area contributed by atoms with Crippen LogP contribution in [-0.4, -0.2) is 9.36 Å². The van der Waals surface area contributed by atoms with E-state index in [0.29, 0.717) is 10.8 Å². The molecule has 0 atom stereocenters. The Bertz CT molecular complexity index is 515. The molecule has 0 radical (unpaired) electrons. The topological polar surface area (TPSA) is 37.8 Å². The third-order valence-electron chi connectivity index (χ3n) is 2.11. The monoisotopic (exact) mass is 271 g/mol. The van der Waals surface area contributed by atoms with Gasteiger partial charge in [-0.25, -0.2) is 9.37 Å². The first-order chi connectivity index (χ1) is 8.19. The summed E-state index contributed by atoms with van der Waals surface area (Å²) < 4.78 is 17.2. The Morgan fingerprint density at radius 2 is 2.29 bits per heavy atom. The van der Waals surface area contributed by atoms with E-state index in [9.17, 15) is 4.39 Å². The third kappa shape index (κ3) is 3.14. The summed E-state index contributed by atoms with van der Waals surface area (Å²) in [6.45, 7) is 2.08. The molecule has 2 aromatic rings. The summed E-state index contributed by atoms with van der Waals surface area (Å²) in [7, 11) is 0. The van der Waals surface area contributed by atoms with Gasteiger partial charge >= 0.3 is 0 Å². The molecule has 0 aliphatic carbocycles. The van der Waals surface area contributed by atoms with Crippen molar-refractivity contribution in [1.82, 2.24) is 9.36 Å². The van der Waals surface area contributed by atoms with Crippen LogP contribution >= 0.6 is 23.1 Å². The van der Waals surface area contributed by atoms with Gasteiger partial charge in [0, 0.05) is 23.6 Å². The molecule has 0 amide bonds. The maximum atomic E-state index is 13.0. The van der Waals surface area contributed by atoms with Gasteiger partial charge in [0.2, 0.25) is 5.13 Å². The number of hydrogen-bond donors (Lipinski definition) is 1. The number of rotatable bonds is 4. The number of aryl methyl sites for hydroxylation is 1. The van der Waals surface area contributed by atoms with Gasteiger partial charge in [0.1, 0.15) is 11.6 Å². The zero-order valence-electron chi connectivity index (χ0n) is 9.20. The van der Waals surface area contributed by atoms with E-state index in [4.69, 9.17) is 11.6 Å². The first-order valence-corrected chi connectivity index (χ1v) is 6.39. The van der Waals surface area contributed by atoms with Crippen LogP contribution in [0, 0.1) is 5.82 Å². The highest BCUT2D eigenvalue weighted by Crippen LogP contribution is 2.23. The van der Waals surface area contributed by atoms with Crippen LogP contribution in [0.3, 0.4) is 0 Å². The van der Waals surface area contributed by atoms with Gasteiger partial charge in [0.25, 0.3) is 0 Å². The molecule has 1 N–H and O–H groups in total. The van der Waals surface area contributed by atoms with Crippen molar-refractivity contribution >= 4 is 34.0 Å². The van der Waals surface area contributed by atoms with E-state index < -0.39 is 5.82 Å². The lowest BCUT2D eigenvalue weighted by Gasteiger charge is -2.02. The quantitative estimate of drug-likeness (QED) is 0.912. The summed E-state index contributed by atoms with van der Waals surface area (Å²) in [5, 5.41) is 3.83. The molecular weight excluding hydrogens is 261 g/mol. The van der Waals surface area contributed by atoms with Gasteiger partial charge < -0.3 is 5.32 Å². The molecule has 0 saturated heterocycles. The van der Waals surface area contributed by atoms with Gasteiger partial charge in [0.15, 0.2) is 0 Å². The fourth-order valence-corrected chi connectivity index (χ4v) is 2.14. The molecule has 2 rings (SSSR count). The molecule has 0 fully saturated rings. The molecule has 0 saturated carbocycles. The van der Waals surface area contributed by atoms with E-state index in [-0.39, 0.29) is 5.02 Å². The van der Waals surface area contributed by atoms with Gasteiger partial charge in [-0.15, -0.1) is 0 Å². The first-order valence-electron chi connectivity index (χ1n) is 5.23. The van der Waals surface area contributed by atoms with Gasteiger partial charge in [0.05, 0.1) is 5.02 Å². The molecule has 1 aromatic heterocycles. The lowest BCUT2D eigenvalue weighted by Crippen LogP contribution is -1.91. The lowest BCUT2D eigenvalue weighted by atomic mass is 10.3. The summed E-state index contributed by atoms with van der Waals surface area (Å²) in [4.78, 5) is 4.31. The van der Waals surface area contributed by atoms with Crippen LogP contribution in [0.25, 0.3) is 0 Å². The standard InChI is InChI=1S/C11H11ClFN3S/c1-2-3-10-15-11(17-16-10)14-7-4-5-9(13)8(12)6-7/h4-6H,2-3H2,1H3,(H,14,15,16). The molecule has 1 heterocycles. The predicted octanol–water partition coefficient (Wildman–Crippen LogP) is 4.03. The number of anilines is 2. The second kappa shape index (κ2) is 5.42. The third-order valence-corrected chi connectivity index (χ3v) is 3.07. The summed E-state index contributed by atoms with van der Waals surface area (Å²) in [5.74, 6) is 0.398. The average molecular weight is 272 g/mol. The Morgan fingerprint density at radius 3 is 3.00 bits per heavy atom. The Morgan fingerprint density at radius 1 is 1.47 bits per heavy atom. The van der Waals surface area contributed by atoms with Crippen molar-refractivity contribution in [3.8, 4) is 0 Å². The fraction of sp³-hybridized carbons (Fsp3) is 0.273. The first kappa shape index (κ1) is 12.3. The second-order valence-electron chi connectivity index (χ2n) is 3.52. The highest BCUT2D eigenvalue weighted by Gasteiger charge is 2.05. The molecule has 0 spiro atoms. The van der Waals surface area contributed by atoms with Gasteiger partial charge in [-0.05, 0) is 24.6 Å². The molecule has 0 bridgehead atoms. The molecule has 0 aliphatic heterocycles. The molecule has 90 valence electrons. The van der Waals surface area contributed by atoms with E-state index in [1.807, 2.05) is 0 Å². The molecule has 3 nitrogen and oxygen atoms in total. The number of benzene rings is 1. The SMILES string of the molecule is CCCc1nsc(Nc2ccc(F)c(Cl)c2)n1. The van der Waals surface area contributed by atoms with Crippen LogP contribution in [0.2, 0.25) is 5.02 Å². The van der Waals surface area contributed by atoms with Gasteiger partial charge in [-0.3, -0.25) is 0 Å². The van der Waals surface area contributed by atoms with Crippen molar-refractivity contribution < 1.29 is 4.39 Å². The maximum absolute atomic E-state index is 13.0. The Kier molecular flexibility index (Phi) is 3.91. The van der Waals surface area contributed by atoms with E-state index in [0.717, 1.165) is 18.7 Å². The summed E-state index contributed by atoms with van der Waals surface area (Å²) in [6.07, 6.45) is 1.88. The van der Waals surface area contributed by atoms with Crippen molar-refractivity contribution in [1.29, 1.82) is 0 Å². The molecule has 0 aliphatic rings. The molecule has 0 unspecified atom stereocenters. The van der Waals surface area contributed by atoms with Crippen molar-refractivity contribution in [2.24, 2.45) is 0 Å². The zero-order valence-corrected chi connectivity index (χ0v) is 10.8. The van der Waals surface area contributed by atoms with Crippen molar-refractivity contribution in [2.75, 3.05) is 5.32 Å². The minimum absolute atomic E-state index is 0.0910. The smallest absolute Gasteiger partial charge is 0.207 e. The summed E-state index contributed by atoms with van der Waals surface area (Å²) in [6, 6.07) is 4.46. The Labute approximate surface area is 108 Å². The predicted molar refractivity (Wildman–Crippen MR) is 68.6 cm³/mol. The fourth-order valence-electron chi connectivity index (χ4n) is 1.33. The van der Waals surface area contributed by atoms with E-state index >= 15 is 0 Å². The van der Waals surface area contributed by atoms with E-state index in [1.54, 1.807) is 6.07 Å². The largest absolute Gasteiger partial charge is 0.330 e.